The Labute approximate surface area is 61.1 Å². The smallest absolute Gasteiger partial charge is 0.0930 e. The highest BCUT2D eigenvalue weighted by Crippen LogP contribution is 2.26. The van der Waals surface area contributed by atoms with Gasteiger partial charge in [0.25, 0.3) is 0 Å². The summed E-state index contributed by atoms with van der Waals surface area (Å²) in [5.74, 6) is 0. The average Bonchev–Trinajstić information content (AvgIpc) is 1.89. The van der Waals surface area contributed by atoms with Crippen LogP contribution < -0.4 is 0 Å². The monoisotopic (exact) mass is 145 g/mol. The van der Waals surface area contributed by atoms with Crippen LogP contribution in [0.1, 0.15) is 19.8 Å². The molecule has 0 aromatic carbocycles. The summed E-state index contributed by atoms with van der Waals surface area (Å²) in [6.45, 7) is 7.07. The molecule has 1 saturated heterocycles. The van der Waals surface area contributed by atoms with Gasteiger partial charge in [-0.3, -0.25) is 0 Å². The van der Waals surface area contributed by atoms with Gasteiger partial charge in [0.05, 0.1) is 13.2 Å². The van der Waals surface area contributed by atoms with Crippen molar-refractivity contribution in [1.29, 1.82) is 0 Å². The van der Waals surface area contributed by atoms with Crippen LogP contribution in [-0.4, -0.2) is 13.2 Å². The van der Waals surface area contributed by atoms with E-state index in [0.29, 0.717) is 13.2 Å². The maximum absolute atomic E-state index is 4.69. The van der Waals surface area contributed by atoms with Crippen LogP contribution in [0, 0.1) is 12.3 Å². The first-order chi connectivity index (χ1) is 4.77. The minimum Gasteiger partial charge on any atom is -0.206 e. The van der Waals surface area contributed by atoms with Crippen molar-refractivity contribution in [3.8, 4) is 0 Å². The van der Waals surface area contributed by atoms with E-state index < -0.39 is 0 Å². The molecule has 0 aromatic rings. The molecule has 1 rings (SSSR count). The lowest BCUT2D eigenvalue weighted by atomic mass is 9.88. The van der Waals surface area contributed by atoms with Gasteiger partial charge in [-0.1, -0.05) is 25.3 Å². The molecule has 0 unspecified atom stereocenters. The highest BCUT2D eigenvalue weighted by Gasteiger charge is 2.28. The Bertz CT molecular complexity index is 91.5. The molecule has 3 nitrogen and oxygen atoms in total. The lowest BCUT2D eigenvalue weighted by Gasteiger charge is -2.30. The predicted molar refractivity (Wildman–Crippen MR) is 35.7 cm³/mol. The van der Waals surface area contributed by atoms with Gasteiger partial charge in [0.15, 0.2) is 0 Å². The number of hydrogen-bond acceptors (Lipinski definition) is 3. The fourth-order valence-electron chi connectivity index (χ4n) is 0.979. The Balaban J connectivity index is 2.32. The zero-order valence-electron chi connectivity index (χ0n) is 6.26. The minimum absolute atomic E-state index is 0.0972. The molecule has 0 bridgehead atoms. The molecule has 0 spiro atoms. The Morgan fingerprint density at radius 2 is 2.00 bits per heavy atom. The molecule has 1 aliphatic rings. The van der Waals surface area contributed by atoms with Crippen LogP contribution in [-0.2, 0) is 14.8 Å². The summed E-state index contributed by atoms with van der Waals surface area (Å²) in [6, 6.07) is 0. The summed E-state index contributed by atoms with van der Waals surface area (Å²) >= 11 is 0. The molecule has 1 heterocycles. The summed E-state index contributed by atoms with van der Waals surface area (Å²) in [5, 5.41) is 4.29. The summed E-state index contributed by atoms with van der Waals surface area (Å²) in [5.41, 5.74) is 0.0972. The van der Waals surface area contributed by atoms with Crippen molar-refractivity contribution in [2.24, 2.45) is 5.41 Å². The molecule has 10 heavy (non-hydrogen) atoms. The van der Waals surface area contributed by atoms with Gasteiger partial charge < -0.3 is 0 Å². The predicted octanol–water partition coefficient (Wildman–Crippen LogP) is 1.50. The number of hydrogen-bond donors (Lipinski definition) is 0. The standard InChI is InChI=1S/C7H13O3/c1-3-4-7(2)5-8-10-9-6-7/h1,3-6H2,2H3. The zero-order chi connectivity index (χ0) is 7.45. The van der Waals surface area contributed by atoms with E-state index in [1.807, 2.05) is 0 Å². The van der Waals surface area contributed by atoms with Gasteiger partial charge in [-0.2, -0.15) is 0 Å². The first-order valence-corrected chi connectivity index (χ1v) is 3.47. The molecule has 0 aromatic heterocycles. The van der Waals surface area contributed by atoms with Gasteiger partial charge in [0.1, 0.15) is 0 Å². The lowest BCUT2D eigenvalue weighted by molar-refractivity contribution is -0.549. The van der Waals surface area contributed by atoms with Crippen LogP contribution in [0.25, 0.3) is 0 Å². The Kier molecular flexibility index (Phi) is 2.65. The normalized spacial score (nSPS) is 24.6. The molecule has 0 aliphatic carbocycles. The van der Waals surface area contributed by atoms with E-state index in [-0.39, 0.29) is 5.41 Å². The van der Waals surface area contributed by atoms with Crippen molar-refractivity contribution in [2.75, 3.05) is 13.2 Å². The Morgan fingerprint density at radius 3 is 2.50 bits per heavy atom. The third-order valence-corrected chi connectivity index (χ3v) is 1.69. The highest BCUT2D eigenvalue weighted by atomic mass is 17.5. The summed E-state index contributed by atoms with van der Waals surface area (Å²) in [4.78, 5) is 9.38. The van der Waals surface area contributed by atoms with Crippen molar-refractivity contribution in [3.05, 3.63) is 6.92 Å². The summed E-state index contributed by atoms with van der Waals surface area (Å²) in [7, 11) is 0. The van der Waals surface area contributed by atoms with Crippen LogP contribution in [0.4, 0.5) is 0 Å². The Morgan fingerprint density at radius 1 is 1.40 bits per heavy atom. The van der Waals surface area contributed by atoms with Gasteiger partial charge >= 0.3 is 0 Å². The molecule has 1 fully saturated rings. The van der Waals surface area contributed by atoms with E-state index >= 15 is 0 Å². The minimum atomic E-state index is 0.0972. The maximum atomic E-state index is 4.69. The van der Waals surface area contributed by atoms with Crippen LogP contribution in [0.3, 0.4) is 0 Å². The second-order valence-corrected chi connectivity index (χ2v) is 3.01. The van der Waals surface area contributed by atoms with E-state index in [1.165, 1.54) is 0 Å². The van der Waals surface area contributed by atoms with Crippen molar-refractivity contribution >= 4 is 0 Å². The second-order valence-electron chi connectivity index (χ2n) is 3.01. The maximum Gasteiger partial charge on any atom is 0.0930 e. The van der Waals surface area contributed by atoms with Gasteiger partial charge in [-0.15, -0.1) is 0 Å². The Hall–Kier alpha value is -0.120. The van der Waals surface area contributed by atoms with Crippen molar-refractivity contribution in [3.63, 3.8) is 0 Å². The molecule has 0 amide bonds. The average molecular weight is 145 g/mol. The fraction of sp³-hybridized carbons (Fsp3) is 0.857. The van der Waals surface area contributed by atoms with E-state index in [2.05, 4.69) is 28.7 Å². The molecule has 1 radical (unpaired) electrons. The number of rotatable bonds is 2. The summed E-state index contributed by atoms with van der Waals surface area (Å²) in [6.07, 6.45) is 1.92. The van der Waals surface area contributed by atoms with E-state index in [9.17, 15) is 0 Å². The quantitative estimate of drug-likeness (QED) is 0.551. The second kappa shape index (κ2) is 3.32. The van der Waals surface area contributed by atoms with Gasteiger partial charge in [0.2, 0.25) is 0 Å². The van der Waals surface area contributed by atoms with Crippen LogP contribution in [0.2, 0.25) is 0 Å². The molecule has 1 aliphatic heterocycles. The molecule has 3 heteroatoms. The molecule has 0 N–H and O–H groups in total. The molecular formula is C7H13O3. The van der Waals surface area contributed by atoms with Crippen molar-refractivity contribution in [1.82, 2.24) is 0 Å². The molecular weight excluding hydrogens is 132 g/mol. The first kappa shape index (κ1) is 7.98. The zero-order valence-corrected chi connectivity index (χ0v) is 6.26. The van der Waals surface area contributed by atoms with Crippen LogP contribution in [0.15, 0.2) is 0 Å². The highest BCUT2D eigenvalue weighted by molar-refractivity contribution is 4.73. The SMILES string of the molecule is [CH2]CCC1(C)COOOC1. The van der Waals surface area contributed by atoms with Crippen LogP contribution in [0.5, 0.6) is 0 Å². The molecule has 0 atom stereocenters. The lowest BCUT2D eigenvalue weighted by Crippen LogP contribution is -2.33. The topological polar surface area (TPSA) is 27.7 Å². The van der Waals surface area contributed by atoms with Gasteiger partial charge in [-0.25, -0.2) is 9.78 Å². The van der Waals surface area contributed by atoms with E-state index in [1.54, 1.807) is 0 Å². The molecule has 0 saturated carbocycles. The van der Waals surface area contributed by atoms with E-state index in [0.717, 1.165) is 12.8 Å². The fourth-order valence-corrected chi connectivity index (χ4v) is 0.979. The van der Waals surface area contributed by atoms with E-state index in [4.69, 9.17) is 0 Å². The summed E-state index contributed by atoms with van der Waals surface area (Å²) < 4.78 is 0. The van der Waals surface area contributed by atoms with Crippen molar-refractivity contribution < 1.29 is 14.8 Å². The third-order valence-electron chi connectivity index (χ3n) is 1.69. The first-order valence-electron chi connectivity index (χ1n) is 3.47. The van der Waals surface area contributed by atoms with Crippen LogP contribution >= 0.6 is 0 Å². The third kappa shape index (κ3) is 1.94. The van der Waals surface area contributed by atoms with Gasteiger partial charge in [0, 0.05) is 5.41 Å². The van der Waals surface area contributed by atoms with Crippen molar-refractivity contribution in [2.45, 2.75) is 19.8 Å². The van der Waals surface area contributed by atoms with Gasteiger partial charge in [-0.05, 0) is 6.42 Å². The largest absolute Gasteiger partial charge is 0.206 e. The molecule has 59 valence electrons.